The van der Waals surface area contributed by atoms with Crippen LogP contribution in [0.25, 0.3) is 0 Å². The minimum Gasteiger partial charge on any atom is -0.383 e. The molecule has 1 unspecified atom stereocenters. The first kappa shape index (κ1) is 13.9. The second-order valence-corrected chi connectivity index (χ2v) is 4.41. The monoisotopic (exact) mass is 275 g/mol. The number of nitrogens with zero attached hydrogens (tertiary/aromatic N) is 2. The zero-order chi connectivity index (χ0) is 14.7. The van der Waals surface area contributed by atoms with Gasteiger partial charge in [0.2, 0.25) is 0 Å². The fraction of sp³-hybridized carbons (Fsp3) is 0.308. The number of nitrogens with one attached hydrogen (secondary N) is 2. The quantitative estimate of drug-likeness (QED) is 0.762. The zero-order valence-electron chi connectivity index (χ0n) is 11.4. The van der Waals surface area contributed by atoms with Gasteiger partial charge in [0.05, 0.1) is 0 Å². The van der Waals surface area contributed by atoms with Crippen molar-refractivity contribution >= 4 is 11.5 Å². The lowest BCUT2D eigenvalue weighted by Crippen LogP contribution is -2.34. The molecule has 0 saturated carbocycles. The van der Waals surface area contributed by atoms with Crippen molar-refractivity contribution in [1.82, 2.24) is 14.5 Å². The van der Waals surface area contributed by atoms with Gasteiger partial charge in [0.25, 0.3) is 5.56 Å². The molecule has 0 saturated heterocycles. The molecule has 106 valence electrons. The van der Waals surface area contributed by atoms with Gasteiger partial charge in [0.1, 0.15) is 11.5 Å². The highest BCUT2D eigenvalue weighted by molar-refractivity contribution is 5.61. The van der Waals surface area contributed by atoms with Gasteiger partial charge in [-0.1, -0.05) is 0 Å². The minimum atomic E-state index is -0.516. The van der Waals surface area contributed by atoms with Crippen molar-refractivity contribution in [3.05, 3.63) is 50.9 Å². The molecular weight excluding hydrogens is 258 g/mol. The summed E-state index contributed by atoms with van der Waals surface area (Å²) in [6.07, 6.45) is 3.35. The van der Waals surface area contributed by atoms with Crippen molar-refractivity contribution in [2.45, 2.75) is 26.4 Å². The third-order valence-electron chi connectivity index (χ3n) is 3.12. The SMILES string of the molecule is CCn1c(N)c(NC(C)c2ccncc2)c(=O)[nH]c1=O. The topological polar surface area (TPSA) is 106 Å². The number of hydrogen-bond donors (Lipinski definition) is 3. The van der Waals surface area contributed by atoms with Gasteiger partial charge in [-0.15, -0.1) is 0 Å². The Balaban J connectivity index is 2.40. The van der Waals surface area contributed by atoms with Crippen LogP contribution in [0.4, 0.5) is 11.5 Å². The van der Waals surface area contributed by atoms with E-state index < -0.39 is 11.2 Å². The Morgan fingerprint density at radius 1 is 1.40 bits per heavy atom. The third-order valence-corrected chi connectivity index (χ3v) is 3.12. The number of anilines is 2. The van der Waals surface area contributed by atoms with E-state index in [1.165, 1.54) is 4.57 Å². The number of hydrogen-bond acceptors (Lipinski definition) is 5. The van der Waals surface area contributed by atoms with Crippen LogP contribution in [0.2, 0.25) is 0 Å². The van der Waals surface area contributed by atoms with E-state index in [0.717, 1.165) is 5.56 Å². The molecule has 2 rings (SSSR count). The van der Waals surface area contributed by atoms with Crippen LogP contribution in [0.5, 0.6) is 0 Å². The molecule has 20 heavy (non-hydrogen) atoms. The number of aromatic amines is 1. The lowest BCUT2D eigenvalue weighted by molar-refractivity contribution is 0.703. The largest absolute Gasteiger partial charge is 0.383 e. The summed E-state index contributed by atoms with van der Waals surface area (Å²) in [5.41, 5.74) is 6.04. The van der Waals surface area contributed by atoms with Crippen molar-refractivity contribution in [3.63, 3.8) is 0 Å². The fourth-order valence-corrected chi connectivity index (χ4v) is 1.99. The predicted octanol–water partition coefficient (Wildman–Crippen LogP) is 0.707. The molecule has 0 bridgehead atoms. The first-order valence-electron chi connectivity index (χ1n) is 6.33. The van der Waals surface area contributed by atoms with E-state index in [1.807, 2.05) is 19.1 Å². The van der Waals surface area contributed by atoms with Crippen LogP contribution in [0, 0.1) is 0 Å². The predicted molar refractivity (Wildman–Crippen MR) is 77.7 cm³/mol. The molecule has 0 aliphatic carbocycles. The average Bonchev–Trinajstić information content (AvgIpc) is 2.44. The van der Waals surface area contributed by atoms with E-state index in [-0.39, 0.29) is 17.5 Å². The second-order valence-electron chi connectivity index (χ2n) is 4.41. The summed E-state index contributed by atoms with van der Waals surface area (Å²) in [4.78, 5) is 29.7. The molecule has 2 aromatic rings. The van der Waals surface area contributed by atoms with Crippen molar-refractivity contribution in [2.75, 3.05) is 11.1 Å². The third kappa shape index (κ3) is 2.56. The maximum atomic E-state index is 11.9. The molecule has 0 fully saturated rings. The van der Waals surface area contributed by atoms with Gasteiger partial charge < -0.3 is 11.1 Å². The molecule has 0 aliphatic rings. The molecule has 0 aliphatic heterocycles. The normalized spacial score (nSPS) is 12.1. The van der Waals surface area contributed by atoms with Gasteiger partial charge in [-0.05, 0) is 31.5 Å². The van der Waals surface area contributed by atoms with E-state index >= 15 is 0 Å². The van der Waals surface area contributed by atoms with E-state index in [2.05, 4.69) is 15.3 Å². The van der Waals surface area contributed by atoms with E-state index in [4.69, 9.17) is 5.73 Å². The molecule has 2 aromatic heterocycles. The Morgan fingerprint density at radius 3 is 2.65 bits per heavy atom. The second kappa shape index (κ2) is 5.60. The summed E-state index contributed by atoms with van der Waals surface area (Å²) in [7, 11) is 0. The minimum absolute atomic E-state index is 0.135. The van der Waals surface area contributed by atoms with Gasteiger partial charge in [0.15, 0.2) is 0 Å². The van der Waals surface area contributed by atoms with Crippen molar-refractivity contribution < 1.29 is 0 Å². The molecule has 0 aromatic carbocycles. The molecule has 0 radical (unpaired) electrons. The number of nitrogen functional groups attached to an aromatic ring is 1. The van der Waals surface area contributed by atoms with Crippen LogP contribution in [0.3, 0.4) is 0 Å². The highest BCUT2D eigenvalue weighted by atomic mass is 16.2. The summed E-state index contributed by atoms with van der Waals surface area (Å²) < 4.78 is 1.31. The first-order valence-corrected chi connectivity index (χ1v) is 6.33. The van der Waals surface area contributed by atoms with Gasteiger partial charge in [-0.3, -0.25) is 19.3 Å². The number of aromatic nitrogens is 3. The standard InChI is InChI=1S/C13H17N5O2/c1-3-18-11(14)10(12(19)17-13(18)20)16-8(2)9-4-6-15-7-5-9/h4-8,16H,3,14H2,1-2H3,(H,17,19,20). The van der Waals surface area contributed by atoms with Crippen LogP contribution < -0.4 is 22.3 Å². The Hall–Kier alpha value is -2.57. The number of rotatable bonds is 4. The molecule has 7 nitrogen and oxygen atoms in total. The molecule has 0 spiro atoms. The van der Waals surface area contributed by atoms with E-state index in [9.17, 15) is 9.59 Å². The van der Waals surface area contributed by atoms with Crippen molar-refractivity contribution in [3.8, 4) is 0 Å². The summed E-state index contributed by atoms with van der Waals surface area (Å²) in [6, 6.07) is 3.56. The molecular formula is C13H17N5O2. The van der Waals surface area contributed by atoms with Gasteiger partial charge in [0, 0.05) is 25.0 Å². The van der Waals surface area contributed by atoms with Crippen molar-refractivity contribution in [2.24, 2.45) is 0 Å². The van der Waals surface area contributed by atoms with Crippen LogP contribution in [-0.4, -0.2) is 14.5 Å². The van der Waals surface area contributed by atoms with Gasteiger partial charge >= 0.3 is 5.69 Å². The molecule has 1 atom stereocenters. The van der Waals surface area contributed by atoms with Crippen molar-refractivity contribution in [1.29, 1.82) is 0 Å². The molecule has 0 amide bonds. The van der Waals surface area contributed by atoms with E-state index in [1.54, 1.807) is 19.3 Å². The van der Waals surface area contributed by atoms with Crippen LogP contribution in [0.15, 0.2) is 34.1 Å². The van der Waals surface area contributed by atoms with Crippen LogP contribution in [0.1, 0.15) is 25.5 Å². The fourth-order valence-electron chi connectivity index (χ4n) is 1.99. The Kier molecular flexibility index (Phi) is 3.88. The number of nitrogens with two attached hydrogens (primary N) is 1. The molecule has 4 N–H and O–H groups in total. The summed E-state index contributed by atoms with van der Waals surface area (Å²) in [6.45, 7) is 4.07. The molecule has 2 heterocycles. The summed E-state index contributed by atoms with van der Waals surface area (Å²) in [5, 5.41) is 3.04. The number of H-pyrrole nitrogens is 1. The molecule has 7 heteroatoms. The lowest BCUT2D eigenvalue weighted by atomic mass is 10.1. The van der Waals surface area contributed by atoms with E-state index in [0.29, 0.717) is 6.54 Å². The average molecular weight is 275 g/mol. The highest BCUT2D eigenvalue weighted by Crippen LogP contribution is 2.19. The Morgan fingerprint density at radius 2 is 2.05 bits per heavy atom. The highest BCUT2D eigenvalue weighted by Gasteiger charge is 2.14. The first-order chi connectivity index (χ1) is 9.54. The van der Waals surface area contributed by atoms with Gasteiger partial charge in [-0.25, -0.2) is 4.79 Å². The smallest absolute Gasteiger partial charge is 0.330 e. The Bertz CT molecular complexity index is 705. The van der Waals surface area contributed by atoms with Crippen LogP contribution in [-0.2, 0) is 6.54 Å². The Labute approximate surface area is 115 Å². The number of pyridine rings is 1. The lowest BCUT2D eigenvalue weighted by Gasteiger charge is -2.17. The summed E-state index contributed by atoms with van der Waals surface area (Å²) in [5.74, 6) is 0.141. The van der Waals surface area contributed by atoms with Crippen LogP contribution >= 0.6 is 0 Å². The summed E-state index contributed by atoms with van der Waals surface area (Å²) >= 11 is 0. The van der Waals surface area contributed by atoms with Gasteiger partial charge in [-0.2, -0.15) is 0 Å². The zero-order valence-corrected chi connectivity index (χ0v) is 11.4. The maximum Gasteiger partial charge on any atom is 0.330 e. The maximum absolute atomic E-state index is 11.9.